The minimum absolute atomic E-state index is 0.224. The first-order valence-electron chi connectivity index (χ1n) is 8.77. The van der Waals surface area contributed by atoms with Crippen LogP contribution in [0.4, 0.5) is 4.39 Å². The van der Waals surface area contributed by atoms with Crippen LogP contribution in [0, 0.1) is 10.6 Å². The molecule has 0 bridgehead atoms. The van der Waals surface area contributed by atoms with Gasteiger partial charge in [0.2, 0.25) is 0 Å². The fourth-order valence-corrected chi connectivity index (χ4v) is 4.09. The predicted molar refractivity (Wildman–Crippen MR) is 114 cm³/mol. The number of aromatic amines is 1. The van der Waals surface area contributed by atoms with Crippen molar-refractivity contribution in [1.82, 2.24) is 14.9 Å². The van der Waals surface area contributed by atoms with Crippen molar-refractivity contribution < 1.29 is 9.18 Å². The maximum absolute atomic E-state index is 13.3. The average molecular weight is 426 g/mol. The molecule has 2 heterocycles. The average Bonchev–Trinajstić information content (AvgIpc) is 3.25. The summed E-state index contributed by atoms with van der Waals surface area (Å²) in [6.07, 6.45) is 0. The quantitative estimate of drug-likeness (QED) is 0.479. The number of fused-ring (bicyclic) bond motifs is 1. The Morgan fingerprint density at radius 2 is 1.97 bits per heavy atom. The van der Waals surface area contributed by atoms with Gasteiger partial charge in [-0.1, -0.05) is 18.2 Å². The summed E-state index contributed by atoms with van der Waals surface area (Å²) in [6.45, 7) is 0. The largest absolute Gasteiger partial charge is 0.340 e. The van der Waals surface area contributed by atoms with E-state index in [-0.39, 0.29) is 22.1 Å². The Morgan fingerprint density at radius 3 is 2.66 bits per heavy atom. The third-order valence-corrected chi connectivity index (χ3v) is 5.98. The molecule has 0 spiro atoms. The molecule has 0 aliphatic heterocycles. The molecule has 8 heteroatoms. The van der Waals surface area contributed by atoms with Crippen molar-refractivity contribution in [2.45, 2.75) is 6.04 Å². The van der Waals surface area contributed by atoms with Gasteiger partial charge in [-0.15, -0.1) is 11.3 Å². The van der Waals surface area contributed by atoms with Gasteiger partial charge in [-0.3, -0.25) is 14.2 Å². The van der Waals surface area contributed by atoms with E-state index in [0.29, 0.717) is 16.5 Å². The molecule has 5 nitrogen and oxygen atoms in total. The molecule has 0 aliphatic carbocycles. The zero-order chi connectivity index (χ0) is 20.5. The van der Waals surface area contributed by atoms with Gasteiger partial charge in [-0.2, -0.15) is 0 Å². The highest BCUT2D eigenvalue weighted by Crippen LogP contribution is 2.27. The van der Waals surface area contributed by atoms with Crippen LogP contribution in [0.5, 0.6) is 0 Å². The van der Waals surface area contributed by atoms with Crippen molar-refractivity contribution in [3.05, 3.63) is 96.9 Å². The van der Waals surface area contributed by atoms with Crippen molar-refractivity contribution in [2.75, 3.05) is 0 Å². The second kappa shape index (κ2) is 7.73. The second-order valence-corrected chi connectivity index (χ2v) is 7.89. The lowest BCUT2D eigenvalue weighted by Crippen LogP contribution is -2.29. The Labute approximate surface area is 174 Å². The van der Waals surface area contributed by atoms with Crippen LogP contribution in [-0.4, -0.2) is 15.5 Å². The fourth-order valence-electron chi connectivity index (χ4n) is 3.09. The minimum atomic E-state index is -0.416. The van der Waals surface area contributed by atoms with Crippen molar-refractivity contribution in [1.29, 1.82) is 0 Å². The summed E-state index contributed by atoms with van der Waals surface area (Å²) in [4.78, 5) is 29.2. The summed E-state index contributed by atoms with van der Waals surface area (Å²) in [7, 11) is 1.59. The van der Waals surface area contributed by atoms with E-state index in [2.05, 4.69) is 10.3 Å². The third kappa shape index (κ3) is 3.76. The molecule has 4 aromatic rings. The van der Waals surface area contributed by atoms with Gasteiger partial charge in [-0.25, -0.2) is 4.39 Å². The zero-order valence-corrected chi connectivity index (χ0v) is 16.9. The van der Waals surface area contributed by atoms with Gasteiger partial charge in [0.1, 0.15) is 5.82 Å². The number of thiophene rings is 1. The van der Waals surface area contributed by atoms with Gasteiger partial charge in [0.15, 0.2) is 4.77 Å². The summed E-state index contributed by atoms with van der Waals surface area (Å²) in [5.41, 5.74) is 1.44. The predicted octanol–water partition coefficient (Wildman–Crippen LogP) is 4.32. The van der Waals surface area contributed by atoms with Crippen LogP contribution in [0.15, 0.2) is 64.8 Å². The number of benzene rings is 2. The molecule has 1 amide bonds. The van der Waals surface area contributed by atoms with E-state index in [0.717, 1.165) is 10.4 Å². The van der Waals surface area contributed by atoms with E-state index in [1.165, 1.54) is 28.0 Å². The highest BCUT2D eigenvalue weighted by atomic mass is 32.1. The molecule has 29 heavy (non-hydrogen) atoms. The fraction of sp³-hybridized carbons (Fsp3) is 0.0952. The molecule has 4 rings (SSSR count). The van der Waals surface area contributed by atoms with Crippen LogP contribution in [0.2, 0.25) is 0 Å². The molecular formula is C21H16FN3O2S2. The number of nitrogens with one attached hydrogen (secondary N) is 2. The normalized spacial score (nSPS) is 12.1. The van der Waals surface area contributed by atoms with Gasteiger partial charge in [0, 0.05) is 17.5 Å². The molecule has 0 radical (unpaired) electrons. The smallest absolute Gasteiger partial charge is 0.261 e. The number of amides is 1. The third-order valence-electron chi connectivity index (χ3n) is 4.67. The van der Waals surface area contributed by atoms with E-state index in [1.807, 2.05) is 17.5 Å². The summed E-state index contributed by atoms with van der Waals surface area (Å²) in [5.74, 6) is -0.647. The number of rotatable bonds is 4. The van der Waals surface area contributed by atoms with Crippen molar-refractivity contribution in [3.8, 4) is 0 Å². The van der Waals surface area contributed by atoms with Crippen LogP contribution in [-0.2, 0) is 7.05 Å². The van der Waals surface area contributed by atoms with Gasteiger partial charge < -0.3 is 10.3 Å². The van der Waals surface area contributed by atoms with E-state index in [1.54, 1.807) is 37.4 Å². The monoisotopic (exact) mass is 425 g/mol. The molecule has 1 unspecified atom stereocenters. The molecule has 146 valence electrons. The molecular weight excluding hydrogens is 409 g/mol. The summed E-state index contributed by atoms with van der Waals surface area (Å²) < 4.78 is 15.0. The number of H-pyrrole nitrogens is 1. The number of nitrogens with zero attached hydrogens (tertiary/aromatic N) is 1. The van der Waals surface area contributed by atoms with E-state index in [9.17, 15) is 14.0 Å². The van der Waals surface area contributed by atoms with Gasteiger partial charge in [0.25, 0.3) is 11.5 Å². The van der Waals surface area contributed by atoms with Crippen LogP contribution in [0.25, 0.3) is 10.9 Å². The van der Waals surface area contributed by atoms with Gasteiger partial charge >= 0.3 is 0 Å². The van der Waals surface area contributed by atoms with E-state index >= 15 is 0 Å². The Morgan fingerprint density at radius 1 is 1.21 bits per heavy atom. The highest BCUT2D eigenvalue weighted by Gasteiger charge is 2.19. The highest BCUT2D eigenvalue weighted by molar-refractivity contribution is 7.71. The molecule has 2 aromatic heterocycles. The van der Waals surface area contributed by atoms with E-state index < -0.39 is 6.04 Å². The van der Waals surface area contributed by atoms with Crippen LogP contribution in [0.3, 0.4) is 0 Å². The number of carbonyl (C=O) groups is 1. The summed E-state index contributed by atoms with van der Waals surface area (Å²) in [5, 5.41) is 5.37. The first kappa shape index (κ1) is 19.2. The first-order valence-corrected chi connectivity index (χ1v) is 10.1. The number of aromatic nitrogens is 2. The molecule has 0 aliphatic rings. The number of hydrogen-bond donors (Lipinski definition) is 2. The minimum Gasteiger partial charge on any atom is -0.340 e. The second-order valence-electron chi connectivity index (χ2n) is 6.53. The standard InChI is InChI=1S/C21H16FN3O2S2/c1-25-20(27)15-9-6-13(11-16(15)23-21(25)28)19(26)24-18(17-3-2-10-29-17)12-4-7-14(22)8-5-12/h2-11,18H,1H3,(H,23,28)(H,24,26). The van der Waals surface area contributed by atoms with Crippen LogP contribution in [0.1, 0.15) is 26.8 Å². The molecule has 0 saturated heterocycles. The van der Waals surface area contributed by atoms with Crippen LogP contribution >= 0.6 is 23.6 Å². The maximum atomic E-state index is 13.3. The number of hydrogen-bond acceptors (Lipinski definition) is 4. The van der Waals surface area contributed by atoms with Gasteiger partial charge in [-0.05, 0) is 59.6 Å². The Bertz CT molecular complexity index is 1310. The Kier molecular flexibility index (Phi) is 5.12. The molecule has 0 fully saturated rings. The van der Waals surface area contributed by atoms with Crippen LogP contribution < -0.4 is 10.9 Å². The lowest BCUT2D eigenvalue weighted by molar-refractivity contribution is 0.0943. The topological polar surface area (TPSA) is 66.9 Å². The molecule has 1 atom stereocenters. The molecule has 2 aromatic carbocycles. The zero-order valence-electron chi connectivity index (χ0n) is 15.3. The summed E-state index contributed by atoms with van der Waals surface area (Å²) >= 11 is 6.66. The first-order chi connectivity index (χ1) is 13.9. The van der Waals surface area contributed by atoms with Crippen molar-refractivity contribution >= 4 is 40.4 Å². The number of halogens is 1. The SMILES string of the molecule is Cn1c(=S)[nH]c2cc(C(=O)NC(c3ccc(F)cc3)c3cccs3)ccc2c1=O. The van der Waals surface area contributed by atoms with Crippen molar-refractivity contribution in [2.24, 2.45) is 7.05 Å². The maximum Gasteiger partial charge on any atom is 0.261 e. The lowest BCUT2D eigenvalue weighted by Gasteiger charge is -2.18. The van der Waals surface area contributed by atoms with E-state index in [4.69, 9.17) is 12.2 Å². The Hall–Kier alpha value is -3.10. The molecule has 0 saturated carbocycles. The lowest BCUT2D eigenvalue weighted by atomic mass is 10.0. The number of carbonyl (C=O) groups excluding carboxylic acids is 1. The summed E-state index contributed by atoms with van der Waals surface area (Å²) in [6, 6.07) is 14.3. The Balaban J connectivity index is 1.71. The van der Waals surface area contributed by atoms with Crippen molar-refractivity contribution in [3.63, 3.8) is 0 Å². The van der Waals surface area contributed by atoms with Gasteiger partial charge in [0.05, 0.1) is 16.9 Å². The molecule has 2 N–H and O–H groups in total.